The number of anilines is 1. The minimum atomic E-state index is -0.379. The number of aromatic amines is 1. The molecule has 1 fully saturated rings. The summed E-state index contributed by atoms with van der Waals surface area (Å²) in [4.78, 5) is 25.9. The van der Waals surface area contributed by atoms with Crippen LogP contribution < -0.4 is 16.2 Å². The van der Waals surface area contributed by atoms with Crippen LogP contribution in [-0.2, 0) is 0 Å². The van der Waals surface area contributed by atoms with Gasteiger partial charge in [0.15, 0.2) is 6.19 Å². The molecule has 2 aromatic rings. The summed E-state index contributed by atoms with van der Waals surface area (Å²) in [6, 6.07) is 5.63. The lowest BCUT2D eigenvalue weighted by molar-refractivity contribution is 0.238. The second kappa shape index (κ2) is 8.32. The molecular weight excluding hydrogens is 387 g/mol. The Hall–Kier alpha value is -3.74. The minimum Gasteiger partial charge on any atom is -0.365 e. The fraction of sp³-hybridized carbons (Fsp3) is 0.350. The van der Waals surface area contributed by atoms with Gasteiger partial charge in [-0.25, -0.2) is 14.4 Å². The number of nitriles is 1. The fourth-order valence-corrected chi connectivity index (χ4v) is 2.97. The average Bonchev–Trinajstić information content (AvgIpc) is 2.61. The molecule has 1 aliphatic heterocycles. The van der Waals surface area contributed by atoms with Gasteiger partial charge in [0.05, 0.1) is 17.2 Å². The molecule has 0 spiro atoms. The number of nitrogens with one attached hydrogen (secondary N) is 4. The third kappa shape index (κ3) is 4.81. The number of guanidine groups is 1. The zero-order valence-corrected chi connectivity index (χ0v) is 17.0. The van der Waals surface area contributed by atoms with E-state index in [-0.39, 0.29) is 28.4 Å². The first-order chi connectivity index (χ1) is 14.2. The second-order valence-electron chi connectivity index (χ2n) is 7.98. The maximum absolute atomic E-state index is 13.1. The number of likely N-dealkylation sites (tertiary alicyclic amines) is 1. The van der Waals surface area contributed by atoms with Gasteiger partial charge in [0.25, 0.3) is 5.56 Å². The molecule has 0 amide bonds. The third-order valence-corrected chi connectivity index (χ3v) is 4.41. The van der Waals surface area contributed by atoms with Crippen molar-refractivity contribution in [2.24, 2.45) is 4.99 Å². The van der Waals surface area contributed by atoms with Crippen LogP contribution in [0.3, 0.4) is 0 Å². The lowest BCUT2D eigenvalue weighted by atomic mass is 9.99. The van der Waals surface area contributed by atoms with Crippen molar-refractivity contribution < 1.29 is 4.39 Å². The van der Waals surface area contributed by atoms with Gasteiger partial charge in [0, 0.05) is 24.8 Å². The summed E-state index contributed by atoms with van der Waals surface area (Å²) >= 11 is 0. The standard InChI is InChI=1S/C20H23FN8O/c1-20(2,3)28-17-15(8-22)18(30)27-16(26-17)12-9-29(10-12)19(24-11-23)25-14-6-4-13(21)5-7-14/h4-8,12,22H,9-10H2,1-3H3,(H,24,25)(H2,26,27,28,30). The summed E-state index contributed by atoms with van der Waals surface area (Å²) in [5.74, 6) is 0.774. The summed E-state index contributed by atoms with van der Waals surface area (Å²) in [5.41, 5.74) is -0.0195. The Morgan fingerprint density at radius 2 is 2.07 bits per heavy atom. The number of benzene rings is 1. The summed E-state index contributed by atoms with van der Waals surface area (Å²) in [6.45, 7) is 6.80. The minimum absolute atomic E-state index is 0.0723. The molecule has 1 aromatic heterocycles. The molecule has 4 N–H and O–H groups in total. The Bertz CT molecular complexity index is 1060. The van der Waals surface area contributed by atoms with Crippen LogP contribution in [0, 0.1) is 22.7 Å². The SMILES string of the molecule is CC(C)(C)Nc1nc(C2CN(C(=Nc3ccc(F)cc3)NC#N)C2)[nH]c(=O)c1C=N. The van der Waals surface area contributed by atoms with Crippen LogP contribution in [0.4, 0.5) is 15.9 Å². The van der Waals surface area contributed by atoms with Crippen LogP contribution in [0.5, 0.6) is 0 Å². The number of aliphatic imine (C=N–C) groups is 1. The van der Waals surface area contributed by atoms with Crippen LogP contribution in [0.15, 0.2) is 34.1 Å². The molecule has 9 nitrogen and oxygen atoms in total. The average molecular weight is 410 g/mol. The highest BCUT2D eigenvalue weighted by Crippen LogP contribution is 2.26. The quantitative estimate of drug-likeness (QED) is 0.264. The molecule has 1 saturated heterocycles. The molecule has 10 heteroatoms. The van der Waals surface area contributed by atoms with Crippen molar-refractivity contribution in [2.45, 2.75) is 32.2 Å². The van der Waals surface area contributed by atoms with Gasteiger partial charge >= 0.3 is 0 Å². The highest BCUT2D eigenvalue weighted by molar-refractivity contribution is 5.85. The molecule has 1 aliphatic rings. The Labute approximate surface area is 173 Å². The zero-order valence-electron chi connectivity index (χ0n) is 17.0. The number of rotatable bonds is 4. The largest absolute Gasteiger partial charge is 0.365 e. The van der Waals surface area contributed by atoms with Crippen LogP contribution >= 0.6 is 0 Å². The summed E-state index contributed by atoms with van der Waals surface area (Å²) in [5, 5.41) is 22.3. The van der Waals surface area contributed by atoms with Gasteiger partial charge in [-0.05, 0) is 45.0 Å². The van der Waals surface area contributed by atoms with Gasteiger partial charge in [0.1, 0.15) is 17.5 Å². The Kier molecular flexibility index (Phi) is 5.82. The molecule has 0 bridgehead atoms. The van der Waals surface area contributed by atoms with Crippen LogP contribution in [0.1, 0.15) is 38.1 Å². The van der Waals surface area contributed by atoms with Gasteiger partial charge < -0.3 is 20.6 Å². The van der Waals surface area contributed by atoms with Gasteiger partial charge in [-0.1, -0.05) is 0 Å². The first-order valence-electron chi connectivity index (χ1n) is 9.37. The van der Waals surface area contributed by atoms with E-state index in [1.165, 1.54) is 24.3 Å². The van der Waals surface area contributed by atoms with Gasteiger partial charge in [0.2, 0.25) is 5.96 Å². The first-order valence-corrected chi connectivity index (χ1v) is 9.37. The maximum Gasteiger partial charge on any atom is 0.261 e. The molecular formula is C20H23FN8O. The van der Waals surface area contributed by atoms with Gasteiger partial charge in [-0.3, -0.25) is 10.1 Å². The smallest absolute Gasteiger partial charge is 0.261 e. The van der Waals surface area contributed by atoms with E-state index < -0.39 is 0 Å². The third-order valence-electron chi connectivity index (χ3n) is 4.41. The molecule has 0 unspecified atom stereocenters. The molecule has 0 radical (unpaired) electrons. The second-order valence-corrected chi connectivity index (χ2v) is 7.98. The predicted molar refractivity (Wildman–Crippen MR) is 113 cm³/mol. The fourth-order valence-electron chi connectivity index (χ4n) is 2.97. The summed E-state index contributed by atoms with van der Waals surface area (Å²) in [6.07, 6.45) is 2.84. The number of halogens is 1. The normalized spacial score (nSPS) is 14.6. The van der Waals surface area contributed by atoms with E-state index in [4.69, 9.17) is 10.7 Å². The number of aromatic nitrogens is 2. The molecule has 0 saturated carbocycles. The lowest BCUT2D eigenvalue weighted by Gasteiger charge is -2.40. The maximum atomic E-state index is 13.1. The van der Waals surface area contributed by atoms with E-state index in [9.17, 15) is 9.18 Å². The van der Waals surface area contributed by atoms with Crippen LogP contribution in [0.2, 0.25) is 0 Å². The highest BCUT2D eigenvalue weighted by Gasteiger charge is 2.33. The molecule has 30 heavy (non-hydrogen) atoms. The summed E-state index contributed by atoms with van der Waals surface area (Å²) < 4.78 is 13.1. The molecule has 2 heterocycles. The molecule has 1 aromatic carbocycles. The van der Waals surface area contributed by atoms with Gasteiger partial charge in [-0.15, -0.1) is 0 Å². The predicted octanol–water partition coefficient (Wildman–Crippen LogP) is 2.27. The summed E-state index contributed by atoms with van der Waals surface area (Å²) in [7, 11) is 0. The monoisotopic (exact) mass is 410 g/mol. The number of nitrogens with zero attached hydrogens (tertiary/aromatic N) is 4. The van der Waals surface area contributed by atoms with E-state index >= 15 is 0 Å². The highest BCUT2D eigenvalue weighted by atomic mass is 19.1. The molecule has 0 aliphatic carbocycles. The molecule has 156 valence electrons. The molecule has 0 atom stereocenters. The lowest BCUT2D eigenvalue weighted by Crippen LogP contribution is -2.53. The zero-order chi connectivity index (χ0) is 21.9. The van der Waals surface area contributed by atoms with E-state index in [0.717, 1.165) is 6.21 Å². The van der Waals surface area contributed by atoms with Crippen LogP contribution in [0.25, 0.3) is 0 Å². The van der Waals surface area contributed by atoms with Crippen molar-refractivity contribution >= 4 is 23.7 Å². The van der Waals surface area contributed by atoms with Crippen molar-refractivity contribution in [3.63, 3.8) is 0 Å². The van der Waals surface area contributed by atoms with Crippen molar-refractivity contribution in [2.75, 3.05) is 18.4 Å². The molecule has 3 rings (SSSR count). The first kappa shape index (κ1) is 21.0. The van der Waals surface area contributed by atoms with E-state index in [2.05, 4.69) is 25.6 Å². The van der Waals surface area contributed by atoms with E-state index in [1.54, 1.807) is 0 Å². The van der Waals surface area contributed by atoms with E-state index in [0.29, 0.717) is 36.4 Å². The Balaban J connectivity index is 1.80. The topological polar surface area (TPSA) is 133 Å². The van der Waals surface area contributed by atoms with Crippen molar-refractivity contribution in [3.05, 3.63) is 51.8 Å². The number of hydrogen-bond donors (Lipinski definition) is 4. The van der Waals surface area contributed by atoms with Gasteiger partial charge in [-0.2, -0.15) is 5.26 Å². The number of H-pyrrole nitrogens is 1. The van der Waals surface area contributed by atoms with Crippen LogP contribution in [-0.4, -0.2) is 45.7 Å². The number of hydrogen-bond acceptors (Lipinski definition) is 6. The van der Waals surface area contributed by atoms with Crippen molar-refractivity contribution in [3.8, 4) is 6.19 Å². The van der Waals surface area contributed by atoms with E-state index in [1.807, 2.05) is 31.9 Å². The Morgan fingerprint density at radius 1 is 1.40 bits per heavy atom. The van der Waals surface area contributed by atoms with Crippen molar-refractivity contribution in [1.29, 1.82) is 10.7 Å². The Morgan fingerprint density at radius 3 is 2.63 bits per heavy atom. The van der Waals surface area contributed by atoms with Crippen molar-refractivity contribution in [1.82, 2.24) is 20.2 Å².